The smallest absolute Gasteiger partial charge is 0.330 e. The summed E-state index contributed by atoms with van der Waals surface area (Å²) in [7, 11) is 0.926. The zero-order valence-electron chi connectivity index (χ0n) is 6.92. The summed E-state index contributed by atoms with van der Waals surface area (Å²) < 4.78 is 9.80. The normalized spacial score (nSPS) is 9.73. The molecular weight excluding hydrogens is 160 g/mol. The van der Waals surface area contributed by atoms with Crippen LogP contribution in [0.4, 0.5) is 0 Å². The summed E-state index contributed by atoms with van der Waals surface area (Å²) in [5, 5.41) is 0. The molecule has 0 saturated heterocycles. The van der Waals surface area contributed by atoms with Gasteiger partial charge in [-0.3, -0.25) is 0 Å². The summed E-state index contributed by atoms with van der Waals surface area (Å²) in [6, 6.07) is 0.820. The Morgan fingerprint density at radius 1 is 1.73 bits per heavy atom. The second kappa shape index (κ2) is 6.12. The lowest BCUT2D eigenvalue weighted by Gasteiger charge is -2.05. The second-order valence-corrected chi connectivity index (χ2v) is 4.34. The van der Waals surface area contributed by atoms with Gasteiger partial charge in [0.05, 0.1) is 6.61 Å². The van der Waals surface area contributed by atoms with Crippen molar-refractivity contribution in [1.82, 2.24) is 0 Å². The molecule has 0 atom stereocenters. The molecule has 0 N–H and O–H groups in total. The summed E-state index contributed by atoms with van der Waals surface area (Å²) in [4.78, 5) is 10.5. The number of ether oxygens (including phenoxy) is 1. The first-order valence-corrected chi connectivity index (χ1v) is 5.48. The fraction of sp³-hybridized carbons (Fsp3) is 0.571. The van der Waals surface area contributed by atoms with Gasteiger partial charge in [0.1, 0.15) is 0 Å². The molecule has 0 amide bonds. The van der Waals surface area contributed by atoms with Crippen molar-refractivity contribution in [2.45, 2.75) is 12.6 Å². The number of carbonyl (C=O) groups is 1. The molecule has 4 heteroatoms. The largest absolute Gasteiger partial charge is 0.463 e. The molecule has 0 aromatic heterocycles. The summed E-state index contributed by atoms with van der Waals surface area (Å²) in [5.74, 6) is -0.365. The van der Waals surface area contributed by atoms with Gasteiger partial charge >= 0.3 is 5.97 Å². The number of hydrogen-bond donors (Lipinski definition) is 0. The Bertz CT molecular complexity index is 136. The molecule has 0 aromatic carbocycles. The summed E-state index contributed by atoms with van der Waals surface area (Å²) >= 11 is 0. The first kappa shape index (κ1) is 10.4. The van der Waals surface area contributed by atoms with Crippen LogP contribution in [0, 0.1) is 0 Å². The van der Waals surface area contributed by atoms with Crippen molar-refractivity contribution in [3.05, 3.63) is 12.7 Å². The molecule has 0 aliphatic carbocycles. The highest BCUT2D eigenvalue weighted by atomic mass is 28.3. The minimum atomic E-state index is -0.744. The molecule has 0 spiro atoms. The van der Waals surface area contributed by atoms with E-state index >= 15 is 0 Å². The van der Waals surface area contributed by atoms with Gasteiger partial charge in [-0.05, 0) is 6.55 Å². The molecule has 0 aromatic rings. The van der Waals surface area contributed by atoms with Crippen LogP contribution in [-0.4, -0.2) is 28.7 Å². The Labute approximate surface area is 68.7 Å². The van der Waals surface area contributed by atoms with Crippen molar-refractivity contribution < 1.29 is 14.0 Å². The van der Waals surface area contributed by atoms with Crippen LogP contribution in [0.3, 0.4) is 0 Å². The molecule has 0 rings (SSSR count). The van der Waals surface area contributed by atoms with E-state index in [2.05, 4.69) is 6.58 Å². The first-order valence-electron chi connectivity index (χ1n) is 3.36. The average Bonchev–Trinajstić information content (AvgIpc) is 2.04. The molecule has 0 bridgehead atoms. The average molecular weight is 173 g/mol. The predicted molar refractivity (Wildman–Crippen MR) is 44.6 cm³/mol. The van der Waals surface area contributed by atoms with Crippen molar-refractivity contribution in [2.75, 3.05) is 13.7 Å². The van der Waals surface area contributed by atoms with E-state index in [1.165, 1.54) is 0 Å². The maximum Gasteiger partial charge on any atom is 0.330 e. The highest BCUT2D eigenvalue weighted by Gasteiger charge is 2.03. The van der Waals surface area contributed by atoms with E-state index in [1.807, 2.05) is 6.55 Å². The molecule has 0 heterocycles. The van der Waals surface area contributed by atoms with E-state index in [1.54, 1.807) is 7.11 Å². The first-order chi connectivity index (χ1) is 5.20. The molecule has 3 nitrogen and oxygen atoms in total. The molecule has 0 saturated carbocycles. The fourth-order valence-electron chi connectivity index (χ4n) is 0.456. The van der Waals surface area contributed by atoms with Gasteiger partial charge in [0.15, 0.2) is 0 Å². The van der Waals surface area contributed by atoms with Crippen molar-refractivity contribution in [2.24, 2.45) is 0 Å². The van der Waals surface area contributed by atoms with Crippen molar-refractivity contribution in [3.8, 4) is 0 Å². The van der Waals surface area contributed by atoms with E-state index in [-0.39, 0.29) is 5.97 Å². The Balaban J connectivity index is 3.26. The topological polar surface area (TPSA) is 35.5 Å². The molecule has 0 aliphatic rings. The highest BCUT2D eigenvalue weighted by Crippen LogP contribution is 1.93. The predicted octanol–water partition coefficient (Wildman–Crippen LogP) is 0.983. The van der Waals surface area contributed by atoms with Gasteiger partial charge < -0.3 is 9.16 Å². The number of esters is 1. The van der Waals surface area contributed by atoms with Gasteiger partial charge in [-0.1, -0.05) is 6.58 Å². The lowest BCUT2D eigenvalue weighted by atomic mass is 10.6. The van der Waals surface area contributed by atoms with Gasteiger partial charge in [-0.15, -0.1) is 0 Å². The van der Waals surface area contributed by atoms with Gasteiger partial charge in [0, 0.05) is 19.2 Å². The van der Waals surface area contributed by atoms with Gasteiger partial charge in [-0.2, -0.15) is 0 Å². The van der Waals surface area contributed by atoms with Crippen LogP contribution < -0.4 is 0 Å². The fourth-order valence-corrected chi connectivity index (χ4v) is 1.05. The van der Waals surface area contributed by atoms with Crippen molar-refractivity contribution >= 4 is 15.0 Å². The lowest BCUT2D eigenvalue weighted by molar-refractivity contribution is -0.137. The Kier molecular flexibility index (Phi) is 5.78. The molecule has 0 aliphatic heterocycles. The molecule has 0 fully saturated rings. The van der Waals surface area contributed by atoms with Crippen LogP contribution >= 0.6 is 0 Å². The lowest BCUT2D eigenvalue weighted by Crippen LogP contribution is -2.14. The molecule has 11 heavy (non-hydrogen) atoms. The number of hydrogen-bond acceptors (Lipinski definition) is 3. The molecule has 0 unspecified atom stereocenters. The standard InChI is InChI=1S/C7H13O3Si/c1-4-7(8)10-5-6-11(3)9-2/h4H,1,5-6H2,2-3H3. The minimum absolute atomic E-state index is 0.365. The van der Waals surface area contributed by atoms with Crippen LogP contribution in [0.1, 0.15) is 0 Å². The molecular formula is C7H13O3Si. The van der Waals surface area contributed by atoms with Gasteiger partial charge in [-0.25, -0.2) is 4.79 Å². The zero-order chi connectivity index (χ0) is 8.69. The monoisotopic (exact) mass is 173 g/mol. The van der Waals surface area contributed by atoms with E-state index in [0.29, 0.717) is 6.61 Å². The van der Waals surface area contributed by atoms with Crippen LogP contribution in [0.25, 0.3) is 0 Å². The zero-order valence-corrected chi connectivity index (χ0v) is 7.92. The third kappa shape index (κ3) is 5.81. The maximum absolute atomic E-state index is 10.5. The summed E-state index contributed by atoms with van der Waals surface area (Å²) in [6.45, 7) is 5.74. The van der Waals surface area contributed by atoms with Gasteiger partial charge in [0.2, 0.25) is 9.04 Å². The van der Waals surface area contributed by atoms with Crippen LogP contribution in [0.2, 0.25) is 12.6 Å². The Hall–Kier alpha value is -0.613. The van der Waals surface area contributed by atoms with Crippen molar-refractivity contribution in [3.63, 3.8) is 0 Å². The number of carbonyl (C=O) groups excluding carboxylic acids is 1. The Morgan fingerprint density at radius 3 is 2.82 bits per heavy atom. The highest BCUT2D eigenvalue weighted by molar-refractivity contribution is 6.50. The SMILES string of the molecule is C=CC(=O)OCC[Si](C)OC. The molecule has 1 radical (unpaired) electrons. The van der Waals surface area contributed by atoms with E-state index in [9.17, 15) is 4.79 Å². The summed E-state index contributed by atoms with van der Waals surface area (Å²) in [5.41, 5.74) is 0. The third-order valence-electron chi connectivity index (χ3n) is 1.21. The second-order valence-electron chi connectivity index (χ2n) is 2.03. The third-order valence-corrected chi connectivity index (χ3v) is 2.82. The Morgan fingerprint density at radius 2 is 2.36 bits per heavy atom. The summed E-state index contributed by atoms with van der Waals surface area (Å²) in [6.07, 6.45) is 1.16. The van der Waals surface area contributed by atoms with Crippen molar-refractivity contribution in [1.29, 1.82) is 0 Å². The number of rotatable bonds is 5. The van der Waals surface area contributed by atoms with Crippen LogP contribution in [0.15, 0.2) is 12.7 Å². The van der Waals surface area contributed by atoms with Crippen LogP contribution in [0.5, 0.6) is 0 Å². The molecule has 63 valence electrons. The maximum atomic E-state index is 10.5. The van der Waals surface area contributed by atoms with E-state index in [4.69, 9.17) is 9.16 Å². The quantitative estimate of drug-likeness (QED) is 0.353. The van der Waals surface area contributed by atoms with E-state index in [0.717, 1.165) is 12.1 Å². The van der Waals surface area contributed by atoms with Crippen LogP contribution in [-0.2, 0) is 14.0 Å². The van der Waals surface area contributed by atoms with Gasteiger partial charge in [0.25, 0.3) is 0 Å². The van der Waals surface area contributed by atoms with E-state index < -0.39 is 9.04 Å². The minimum Gasteiger partial charge on any atom is -0.463 e.